The summed E-state index contributed by atoms with van der Waals surface area (Å²) in [6.07, 6.45) is 5.36. The number of rotatable bonds is 6. The standard InChI is InChI=1S/C11H18N2O/c1-2-3-4-7-14-9-10-5-6-11(12)13-8-10/h5-6,8H,2-4,7,9H2,1H3,(H2,12,13). The minimum atomic E-state index is 0.555. The molecule has 0 radical (unpaired) electrons. The zero-order chi connectivity index (χ0) is 10.2. The number of pyridine rings is 1. The zero-order valence-electron chi connectivity index (χ0n) is 8.70. The van der Waals surface area contributed by atoms with Gasteiger partial charge in [0.15, 0.2) is 0 Å². The Hall–Kier alpha value is -1.09. The molecule has 0 amide bonds. The molecule has 0 atom stereocenters. The van der Waals surface area contributed by atoms with Gasteiger partial charge in [-0.2, -0.15) is 0 Å². The second kappa shape index (κ2) is 6.38. The van der Waals surface area contributed by atoms with Crippen molar-refractivity contribution in [1.82, 2.24) is 4.98 Å². The molecule has 0 unspecified atom stereocenters. The zero-order valence-corrected chi connectivity index (χ0v) is 8.70. The van der Waals surface area contributed by atoms with Crippen LogP contribution in [0.1, 0.15) is 31.7 Å². The number of ether oxygens (including phenoxy) is 1. The lowest BCUT2D eigenvalue weighted by Crippen LogP contribution is -1.97. The average Bonchev–Trinajstić information content (AvgIpc) is 2.21. The van der Waals surface area contributed by atoms with Gasteiger partial charge in [0.25, 0.3) is 0 Å². The van der Waals surface area contributed by atoms with Gasteiger partial charge in [0.2, 0.25) is 0 Å². The van der Waals surface area contributed by atoms with Crippen LogP contribution >= 0.6 is 0 Å². The number of nitrogen functional groups attached to an aromatic ring is 1. The molecular weight excluding hydrogens is 176 g/mol. The molecule has 1 heterocycles. The van der Waals surface area contributed by atoms with Gasteiger partial charge in [-0.1, -0.05) is 25.8 Å². The summed E-state index contributed by atoms with van der Waals surface area (Å²) in [5, 5.41) is 0. The normalized spacial score (nSPS) is 10.4. The highest BCUT2D eigenvalue weighted by atomic mass is 16.5. The Bertz CT molecular complexity index is 246. The van der Waals surface area contributed by atoms with Crippen molar-refractivity contribution < 1.29 is 4.74 Å². The quantitative estimate of drug-likeness (QED) is 0.707. The first kappa shape index (κ1) is 11.0. The Morgan fingerprint density at radius 2 is 2.21 bits per heavy atom. The number of unbranched alkanes of at least 4 members (excludes halogenated alkanes) is 2. The van der Waals surface area contributed by atoms with Crippen molar-refractivity contribution in [3.05, 3.63) is 23.9 Å². The van der Waals surface area contributed by atoms with Gasteiger partial charge in [0, 0.05) is 12.8 Å². The molecule has 0 saturated carbocycles. The maximum atomic E-state index is 5.48. The van der Waals surface area contributed by atoms with Crippen molar-refractivity contribution in [3.63, 3.8) is 0 Å². The molecule has 2 N–H and O–H groups in total. The second-order valence-corrected chi connectivity index (χ2v) is 3.35. The molecule has 0 aromatic carbocycles. The van der Waals surface area contributed by atoms with E-state index in [1.807, 2.05) is 6.07 Å². The lowest BCUT2D eigenvalue weighted by molar-refractivity contribution is 0.117. The molecule has 78 valence electrons. The maximum absolute atomic E-state index is 5.48. The fourth-order valence-corrected chi connectivity index (χ4v) is 1.17. The van der Waals surface area contributed by atoms with E-state index in [4.69, 9.17) is 10.5 Å². The van der Waals surface area contributed by atoms with E-state index in [0.717, 1.165) is 18.6 Å². The number of hydrogen-bond acceptors (Lipinski definition) is 3. The highest BCUT2D eigenvalue weighted by Gasteiger charge is 1.93. The molecule has 0 aliphatic heterocycles. The van der Waals surface area contributed by atoms with Crippen molar-refractivity contribution in [3.8, 4) is 0 Å². The van der Waals surface area contributed by atoms with E-state index in [9.17, 15) is 0 Å². The molecular formula is C11H18N2O. The monoisotopic (exact) mass is 194 g/mol. The third-order valence-corrected chi connectivity index (χ3v) is 2.01. The highest BCUT2D eigenvalue weighted by molar-refractivity contribution is 5.28. The van der Waals surface area contributed by atoms with Crippen LogP contribution in [0.25, 0.3) is 0 Å². The summed E-state index contributed by atoms with van der Waals surface area (Å²) in [5.74, 6) is 0.555. The Morgan fingerprint density at radius 3 is 2.86 bits per heavy atom. The van der Waals surface area contributed by atoms with E-state index in [1.54, 1.807) is 12.3 Å². The summed E-state index contributed by atoms with van der Waals surface area (Å²) < 4.78 is 5.48. The molecule has 0 saturated heterocycles. The van der Waals surface area contributed by atoms with Crippen LogP contribution in [0.3, 0.4) is 0 Å². The first-order valence-electron chi connectivity index (χ1n) is 5.11. The third kappa shape index (κ3) is 4.23. The SMILES string of the molecule is CCCCCOCc1ccc(N)nc1. The van der Waals surface area contributed by atoms with Gasteiger partial charge in [-0.05, 0) is 18.1 Å². The summed E-state index contributed by atoms with van der Waals surface area (Å²) in [7, 11) is 0. The van der Waals surface area contributed by atoms with Crippen LogP contribution in [0.4, 0.5) is 5.82 Å². The first-order chi connectivity index (χ1) is 6.83. The Kier molecular flexibility index (Phi) is 5.00. The van der Waals surface area contributed by atoms with Gasteiger partial charge in [-0.25, -0.2) is 4.98 Å². The van der Waals surface area contributed by atoms with Crippen LogP contribution in [0.5, 0.6) is 0 Å². The second-order valence-electron chi connectivity index (χ2n) is 3.35. The Balaban J connectivity index is 2.15. The number of anilines is 1. The molecule has 0 fully saturated rings. The van der Waals surface area contributed by atoms with Crippen LogP contribution in [-0.4, -0.2) is 11.6 Å². The molecule has 14 heavy (non-hydrogen) atoms. The largest absolute Gasteiger partial charge is 0.384 e. The van der Waals surface area contributed by atoms with Crippen LogP contribution < -0.4 is 5.73 Å². The Morgan fingerprint density at radius 1 is 1.36 bits per heavy atom. The smallest absolute Gasteiger partial charge is 0.123 e. The number of nitrogens with two attached hydrogens (primary N) is 1. The van der Waals surface area contributed by atoms with Crippen molar-refractivity contribution >= 4 is 5.82 Å². The molecule has 0 bridgehead atoms. The lowest BCUT2D eigenvalue weighted by Gasteiger charge is -2.03. The topological polar surface area (TPSA) is 48.1 Å². The number of hydrogen-bond donors (Lipinski definition) is 1. The predicted octanol–water partition coefficient (Wildman–Crippen LogP) is 2.37. The van der Waals surface area contributed by atoms with Crippen molar-refractivity contribution in [2.75, 3.05) is 12.3 Å². The number of nitrogens with zero attached hydrogens (tertiary/aromatic N) is 1. The summed E-state index contributed by atoms with van der Waals surface area (Å²) >= 11 is 0. The number of aromatic nitrogens is 1. The fourth-order valence-electron chi connectivity index (χ4n) is 1.17. The summed E-state index contributed by atoms with van der Waals surface area (Å²) in [4.78, 5) is 3.99. The van der Waals surface area contributed by atoms with Gasteiger partial charge < -0.3 is 10.5 Å². The first-order valence-corrected chi connectivity index (χ1v) is 5.11. The minimum Gasteiger partial charge on any atom is -0.384 e. The van der Waals surface area contributed by atoms with Crippen LogP contribution in [0.15, 0.2) is 18.3 Å². The van der Waals surface area contributed by atoms with E-state index in [2.05, 4.69) is 11.9 Å². The van der Waals surface area contributed by atoms with Gasteiger partial charge in [-0.3, -0.25) is 0 Å². The van der Waals surface area contributed by atoms with Gasteiger partial charge in [0.05, 0.1) is 6.61 Å². The van der Waals surface area contributed by atoms with Crippen LogP contribution in [-0.2, 0) is 11.3 Å². The lowest BCUT2D eigenvalue weighted by atomic mass is 10.2. The molecule has 3 nitrogen and oxygen atoms in total. The minimum absolute atomic E-state index is 0.555. The highest BCUT2D eigenvalue weighted by Crippen LogP contribution is 2.03. The molecule has 1 aromatic rings. The molecule has 0 aliphatic rings. The third-order valence-electron chi connectivity index (χ3n) is 2.01. The van der Waals surface area contributed by atoms with Crippen LogP contribution in [0, 0.1) is 0 Å². The van der Waals surface area contributed by atoms with E-state index in [0.29, 0.717) is 12.4 Å². The summed E-state index contributed by atoms with van der Waals surface area (Å²) in [6.45, 7) is 3.65. The van der Waals surface area contributed by atoms with Crippen molar-refractivity contribution in [2.24, 2.45) is 0 Å². The van der Waals surface area contributed by atoms with Gasteiger partial charge in [0.1, 0.15) is 5.82 Å². The molecule has 3 heteroatoms. The summed E-state index contributed by atoms with van der Waals surface area (Å²) in [5.41, 5.74) is 6.55. The molecule has 1 rings (SSSR count). The maximum Gasteiger partial charge on any atom is 0.123 e. The van der Waals surface area contributed by atoms with Gasteiger partial charge in [-0.15, -0.1) is 0 Å². The van der Waals surface area contributed by atoms with Crippen molar-refractivity contribution in [2.45, 2.75) is 32.8 Å². The fraction of sp³-hybridized carbons (Fsp3) is 0.545. The van der Waals surface area contributed by atoms with Gasteiger partial charge >= 0.3 is 0 Å². The van der Waals surface area contributed by atoms with E-state index in [1.165, 1.54) is 12.8 Å². The molecule has 0 spiro atoms. The molecule has 1 aromatic heterocycles. The predicted molar refractivity (Wildman–Crippen MR) is 57.8 cm³/mol. The molecule has 0 aliphatic carbocycles. The van der Waals surface area contributed by atoms with E-state index >= 15 is 0 Å². The van der Waals surface area contributed by atoms with Crippen LogP contribution in [0.2, 0.25) is 0 Å². The summed E-state index contributed by atoms with van der Waals surface area (Å²) in [6, 6.07) is 3.74. The average molecular weight is 194 g/mol. The van der Waals surface area contributed by atoms with Crippen molar-refractivity contribution in [1.29, 1.82) is 0 Å². The Labute approximate surface area is 85.3 Å². The van der Waals surface area contributed by atoms with E-state index < -0.39 is 0 Å². The van der Waals surface area contributed by atoms with E-state index in [-0.39, 0.29) is 0 Å².